The van der Waals surface area contributed by atoms with E-state index in [1.165, 1.54) is 0 Å². The zero-order valence-corrected chi connectivity index (χ0v) is 11.4. The molecule has 5 heteroatoms. The molecular weight excluding hydrogens is 254 g/mol. The molecule has 0 aliphatic heterocycles. The SMILES string of the molecule is CCNC(=O)Oc1ccc(-c2ccc(C#N)n2C)cc1. The molecule has 20 heavy (non-hydrogen) atoms. The Balaban J connectivity index is 2.18. The zero-order valence-electron chi connectivity index (χ0n) is 11.4. The molecule has 0 saturated heterocycles. The van der Waals surface area contributed by atoms with Crippen molar-refractivity contribution < 1.29 is 9.53 Å². The van der Waals surface area contributed by atoms with E-state index >= 15 is 0 Å². The summed E-state index contributed by atoms with van der Waals surface area (Å²) in [6.45, 7) is 2.35. The molecule has 1 N–H and O–H groups in total. The number of ether oxygens (including phenoxy) is 1. The first-order chi connectivity index (χ1) is 9.65. The molecule has 1 amide bonds. The summed E-state index contributed by atoms with van der Waals surface area (Å²) in [5.74, 6) is 0.481. The largest absolute Gasteiger partial charge is 0.412 e. The summed E-state index contributed by atoms with van der Waals surface area (Å²) < 4.78 is 6.91. The topological polar surface area (TPSA) is 67.0 Å². The first-order valence-corrected chi connectivity index (χ1v) is 6.27. The highest BCUT2D eigenvalue weighted by Gasteiger charge is 2.07. The average Bonchev–Trinajstić information content (AvgIpc) is 2.81. The standard InChI is InChI=1S/C15H15N3O2/c1-3-17-15(19)20-13-7-4-11(5-8-13)14-9-6-12(10-16)18(14)2/h4-9H,3H2,1-2H3,(H,17,19). The summed E-state index contributed by atoms with van der Waals surface area (Å²) in [5.41, 5.74) is 2.49. The van der Waals surface area contributed by atoms with E-state index in [-0.39, 0.29) is 0 Å². The number of rotatable bonds is 3. The summed E-state index contributed by atoms with van der Waals surface area (Å²) >= 11 is 0. The van der Waals surface area contributed by atoms with E-state index in [4.69, 9.17) is 10.00 Å². The van der Waals surface area contributed by atoms with Gasteiger partial charge < -0.3 is 14.6 Å². The molecule has 0 bridgehead atoms. The van der Waals surface area contributed by atoms with Gasteiger partial charge in [-0.25, -0.2) is 4.79 Å². The van der Waals surface area contributed by atoms with Crippen LogP contribution in [-0.4, -0.2) is 17.2 Å². The highest BCUT2D eigenvalue weighted by molar-refractivity contribution is 5.71. The van der Waals surface area contributed by atoms with Gasteiger partial charge in [0.05, 0.1) is 0 Å². The predicted molar refractivity (Wildman–Crippen MR) is 75.3 cm³/mol. The fraction of sp³-hybridized carbons (Fsp3) is 0.200. The summed E-state index contributed by atoms with van der Waals surface area (Å²) in [5, 5.41) is 11.5. The second-order valence-corrected chi connectivity index (χ2v) is 4.22. The Bertz CT molecular complexity index is 651. The van der Waals surface area contributed by atoms with Gasteiger partial charge in [-0.05, 0) is 48.9 Å². The number of nitrogens with one attached hydrogen (secondary N) is 1. The Morgan fingerprint density at radius 3 is 2.55 bits per heavy atom. The van der Waals surface area contributed by atoms with Crippen molar-refractivity contribution in [1.82, 2.24) is 9.88 Å². The van der Waals surface area contributed by atoms with E-state index in [1.54, 1.807) is 18.2 Å². The van der Waals surface area contributed by atoms with Crippen LogP contribution in [0.2, 0.25) is 0 Å². The van der Waals surface area contributed by atoms with Gasteiger partial charge in [0.25, 0.3) is 0 Å². The second-order valence-electron chi connectivity index (χ2n) is 4.22. The Hall–Kier alpha value is -2.74. The van der Waals surface area contributed by atoms with E-state index < -0.39 is 6.09 Å². The van der Waals surface area contributed by atoms with Crippen molar-refractivity contribution in [3.63, 3.8) is 0 Å². The molecule has 102 valence electrons. The maximum absolute atomic E-state index is 11.3. The van der Waals surface area contributed by atoms with Crippen LogP contribution in [0.1, 0.15) is 12.6 Å². The average molecular weight is 269 g/mol. The molecule has 0 unspecified atom stereocenters. The fourth-order valence-corrected chi connectivity index (χ4v) is 1.89. The minimum atomic E-state index is -0.467. The first kappa shape index (κ1) is 13.7. The highest BCUT2D eigenvalue weighted by atomic mass is 16.5. The van der Waals surface area contributed by atoms with Crippen molar-refractivity contribution in [3.8, 4) is 23.1 Å². The van der Waals surface area contributed by atoms with Crippen molar-refractivity contribution in [2.75, 3.05) is 6.54 Å². The molecule has 0 aliphatic rings. The molecule has 0 aliphatic carbocycles. The van der Waals surface area contributed by atoms with E-state index in [9.17, 15) is 4.79 Å². The maximum atomic E-state index is 11.3. The number of nitrogens with zero attached hydrogens (tertiary/aromatic N) is 2. The van der Waals surface area contributed by atoms with E-state index in [0.717, 1.165) is 11.3 Å². The number of hydrogen-bond donors (Lipinski definition) is 1. The van der Waals surface area contributed by atoms with Crippen LogP contribution in [0, 0.1) is 11.3 Å². The molecule has 1 aromatic heterocycles. The van der Waals surface area contributed by atoms with Gasteiger partial charge in [0.15, 0.2) is 0 Å². The van der Waals surface area contributed by atoms with Gasteiger partial charge in [0, 0.05) is 19.3 Å². The fourth-order valence-electron chi connectivity index (χ4n) is 1.89. The lowest BCUT2D eigenvalue weighted by molar-refractivity contribution is 0.201. The number of nitriles is 1. The molecule has 0 atom stereocenters. The molecule has 2 rings (SSSR count). The smallest absolute Gasteiger partial charge is 0.410 e. The van der Waals surface area contributed by atoms with Crippen molar-refractivity contribution >= 4 is 6.09 Å². The van der Waals surface area contributed by atoms with Crippen LogP contribution in [-0.2, 0) is 7.05 Å². The maximum Gasteiger partial charge on any atom is 0.412 e. The molecule has 5 nitrogen and oxygen atoms in total. The summed E-state index contributed by atoms with van der Waals surface area (Å²) in [6, 6.07) is 12.9. The summed E-state index contributed by atoms with van der Waals surface area (Å²) in [7, 11) is 1.84. The van der Waals surface area contributed by atoms with Crippen LogP contribution in [0.4, 0.5) is 4.79 Å². The predicted octanol–water partition coefficient (Wildman–Crippen LogP) is 2.67. The molecule has 2 aromatic rings. The normalized spacial score (nSPS) is 9.85. The second kappa shape index (κ2) is 5.93. The van der Waals surface area contributed by atoms with Crippen LogP contribution in [0.5, 0.6) is 5.75 Å². The van der Waals surface area contributed by atoms with Crippen molar-refractivity contribution in [3.05, 3.63) is 42.1 Å². The van der Waals surface area contributed by atoms with E-state index in [1.807, 2.05) is 36.7 Å². The third-order valence-electron chi connectivity index (χ3n) is 2.92. The Morgan fingerprint density at radius 2 is 2.00 bits per heavy atom. The summed E-state index contributed by atoms with van der Waals surface area (Å²) in [4.78, 5) is 11.3. The Morgan fingerprint density at radius 1 is 1.30 bits per heavy atom. The summed E-state index contributed by atoms with van der Waals surface area (Å²) in [6.07, 6.45) is -0.467. The lowest BCUT2D eigenvalue weighted by Crippen LogP contribution is -2.26. The lowest BCUT2D eigenvalue weighted by Gasteiger charge is -2.07. The monoisotopic (exact) mass is 269 g/mol. The molecule has 0 radical (unpaired) electrons. The molecular formula is C15H15N3O2. The minimum absolute atomic E-state index is 0.467. The number of carbonyl (C=O) groups excluding carboxylic acids is 1. The quantitative estimate of drug-likeness (QED) is 0.931. The van der Waals surface area contributed by atoms with Gasteiger partial charge in [0.2, 0.25) is 0 Å². The molecule has 1 aromatic carbocycles. The van der Waals surface area contributed by atoms with Crippen LogP contribution in [0.25, 0.3) is 11.3 Å². The van der Waals surface area contributed by atoms with Crippen LogP contribution >= 0.6 is 0 Å². The van der Waals surface area contributed by atoms with Crippen molar-refractivity contribution in [1.29, 1.82) is 5.26 Å². The lowest BCUT2D eigenvalue weighted by atomic mass is 10.1. The van der Waals surface area contributed by atoms with E-state index in [2.05, 4.69) is 11.4 Å². The number of benzene rings is 1. The first-order valence-electron chi connectivity index (χ1n) is 6.27. The third-order valence-corrected chi connectivity index (χ3v) is 2.92. The highest BCUT2D eigenvalue weighted by Crippen LogP contribution is 2.23. The minimum Gasteiger partial charge on any atom is -0.410 e. The Kier molecular flexibility index (Phi) is 4.06. The molecule has 0 saturated carbocycles. The molecule has 0 spiro atoms. The van der Waals surface area contributed by atoms with Crippen molar-refractivity contribution in [2.24, 2.45) is 7.05 Å². The van der Waals surface area contributed by atoms with E-state index in [0.29, 0.717) is 18.0 Å². The Labute approximate surface area is 117 Å². The number of hydrogen-bond acceptors (Lipinski definition) is 3. The molecule has 1 heterocycles. The zero-order chi connectivity index (χ0) is 14.5. The van der Waals surface area contributed by atoms with Gasteiger partial charge >= 0.3 is 6.09 Å². The van der Waals surface area contributed by atoms with Gasteiger partial charge in [-0.1, -0.05) is 0 Å². The number of carbonyl (C=O) groups is 1. The van der Waals surface area contributed by atoms with Gasteiger partial charge in [0.1, 0.15) is 17.5 Å². The number of aromatic nitrogens is 1. The van der Waals surface area contributed by atoms with Crippen LogP contribution in [0.3, 0.4) is 0 Å². The van der Waals surface area contributed by atoms with Gasteiger partial charge in [-0.3, -0.25) is 0 Å². The third kappa shape index (κ3) is 2.81. The molecule has 0 fully saturated rings. The number of amides is 1. The van der Waals surface area contributed by atoms with Crippen LogP contribution in [0.15, 0.2) is 36.4 Å². The van der Waals surface area contributed by atoms with Gasteiger partial charge in [-0.15, -0.1) is 0 Å². The van der Waals surface area contributed by atoms with Crippen LogP contribution < -0.4 is 10.1 Å². The van der Waals surface area contributed by atoms with Crippen molar-refractivity contribution in [2.45, 2.75) is 6.92 Å². The van der Waals surface area contributed by atoms with Gasteiger partial charge in [-0.2, -0.15) is 5.26 Å².